The van der Waals surface area contributed by atoms with Crippen LogP contribution in [-0.4, -0.2) is 17.6 Å². The summed E-state index contributed by atoms with van der Waals surface area (Å²) in [6, 6.07) is 15.1. The van der Waals surface area contributed by atoms with Crippen molar-refractivity contribution in [2.75, 3.05) is 11.1 Å². The fourth-order valence-electron chi connectivity index (χ4n) is 3.24. The first-order chi connectivity index (χ1) is 13.9. The molecule has 5 nitrogen and oxygen atoms in total. The molecule has 1 atom stereocenters. The lowest BCUT2D eigenvalue weighted by atomic mass is 9.87. The van der Waals surface area contributed by atoms with Crippen LogP contribution in [0.15, 0.2) is 53.1 Å². The van der Waals surface area contributed by atoms with E-state index in [1.54, 1.807) is 12.1 Å². The largest absolute Gasteiger partial charge is 0.325 e. The number of halogens is 1. The summed E-state index contributed by atoms with van der Waals surface area (Å²) in [5, 5.41) is 16.4. The van der Waals surface area contributed by atoms with E-state index in [9.17, 15) is 14.9 Å². The van der Waals surface area contributed by atoms with E-state index < -0.39 is 0 Å². The zero-order chi connectivity index (χ0) is 21.0. The third kappa shape index (κ3) is 5.00. The Bertz CT molecular complexity index is 1010. The number of aryl methyl sites for hydroxylation is 2. The Morgan fingerprint density at radius 1 is 1.24 bits per heavy atom. The number of benzene rings is 2. The minimum atomic E-state index is -0.352. The lowest BCUT2D eigenvalue weighted by Crippen LogP contribution is -2.31. The van der Waals surface area contributed by atoms with Crippen molar-refractivity contribution in [1.29, 1.82) is 5.26 Å². The molecule has 148 valence electrons. The highest BCUT2D eigenvalue weighted by Crippen LogP contribution is 2.36. The molecule has 7 heteroatoms. The van der Waals surface area contributed by atoms with Crippen molar-refractivity contribution >= 4 is 40.9 Å². The minimum absolute atomic E-state index is 0.0852. The summed E-state index contributed by atoms with van der Waals surface area (Å²) in [7, 11) is 0. The first kappa shape index (κ1) is 21.0. The number of carbonyl (C=O) groups excluding carboxylic acids is 2. The SMILES string of the molecule is Cc1cccc(C)c1NC(=O)CSC1=C(C#N)[C@H](c2ccc(Cl)cc2)CC(=O)N1. The summed E-state index contributed by atoms with van der Waals surface area (Å²) in [6.45, 7) is 3.87. The van der Waals surface area contributed by atoms with Crippen molar-refractivity contribution in [3.63, 3.8) is 0 Å². The number of para-hydroxylation sites is 1. The number of hydrogen-bond donors (Lipinski definition) is 2. The standard InChI is InChI=1S/C22H20ClN3O2S/c1-13-4-3-5-14(2)21(13)25-20(28)12-29-22-18(11-24)17(10-19(27)26-22)15-6-8-16(23)9-7-15/h3-9,17H,10,12H2,1-2H3,(H,25,28)(H,26,27)/t17-/m0/s1. The number of nitriles is 1. The van der Waals surface area contributed by atoms with E-state index in [1.807, 2.05) is 44.2 Å². The van der Waals surface area contributed by atoms with Crippen LogP contribution in [0.25, 0.3) is 0 Å². The zero-order valence-corrected chi connectivity index (χ0v) is 17.7. The molecular formula is C22H20ClN3O2S. The number of carbonyl (C=O) groups is 2. The van der Waals surface area contributed by atoms with Gasteiger partial charge in [-0.25, -0.2) is 0 Å². The maximum Gasteiger partial charge on any atom is 0.234 e. The highest BCUT2D eigenvalue weighted by molar-refractivity contribution is 8.03. The Balaban J connectivity index is 1.77. The van der Waals surface area contributed by atoms with Crippen molar-refractivity contribution in [1.82, 2.24) is 5.32 Å². The summed E-state index contributed by atoms with van der Waals surface area (Å²) < 4.78 is 0. The Hall–Kier alpha value is -2.75. The van der Waals surface area contributed by atoms with Gasteiger partial charge in [0.15, 0.2) is 0 Å². The fraction of sp³-hybridized carbons (Fsp3) is 0.227. The number of nitrogens with zero attached hydrogens (tertiary/aromatic N) is 1. The number of amides is 2. The van der Waals surface area contributed by atoms with E-state index in [0.29, 0.717) is 15.6 Å². The van der Waals surface area contributed by atoms with Crippen molar-refractivity contribution in [2.45, 2.75) is 26.2 Å². The van der Waals surface area contributed by atoms with Crippen LogP contribution in [0.5, 0.6) is 0 Å². The van der Waals surface area contributed by atoms with Gasteiger partial charge in [-0.15, -0.1) is 0 Å². The Labute approximate surface area is 179 Å². The highest BCUT2D eigenvalue weighted by Gasteiger charge is 2.29. The molecule has 2 N–H and O–H groups in total. The van der Waals surface area contributed by atoms with E-state index in [2.05, 4.69) is 16.7 Å². The predicted molar refractivity (Wildman–Crippen MR) is 117 cm³/mol. The van der Waals surface area contributed by atoms with Gasteiger partial charge in [-0.3, -0.25) is 9.59 Å². The van der Waals surface area contributed by atoms with Gasteiger partial charge in [-0.2, -0.15) is 5.26 Å². The van der Waals surface area contributed by atoms with Gasteiger partial charge in [0.25, 0.3) is 0 Å². The molecule has 0 radical (unpaired) electrons. The number of allylic oxidation sites excluding steroid dienone is 1. The molecule has 29 heavy (non-hydrogen) atoms. The molecule has 0 saturated heterocycles. The van der Waals surface area contributed by atoms with Crippen LogP contribution >= 0.6 is 23.4 Å². The second kappa shape index (κ2) is 9.17. The molecule has 0 aromatic heterocycles. The quantitative estimate of drug-likeness (QED) is 0.729. The average molecular weight is 426 g/mol. The molecule has 3 rings (SSSR count). The molecule has 1 aliphatic rings. The minimum Gasteiger partial charge on any atom is -0.325 e. The highest BCUT2D eigenvalue weighted by atomic mass is 35.5. The van der Waals surface area contributed by atoms with Gasteiger partial charge in [0.1, 0.15) is 0 Å². The van der Waals surface area contributed by atoms with Gasteiger partial charge >= 0.3 is 0 Å². The molecule has 2 amide bonds. The monoisotopic (exact) mass is 425 g/mol. The topological polar surface area (TPSA) is 82.0 Å². The second-order valence-electron chi connectivity index (χ2n) is 6.81. The van der Waals surface area contributed by atoms with Crippen LogP contribution in [0.2, 0.25) is 5.02 Å². The maximum absolute atomic E-state index is 12.5. The van der Waals surface area contributed by atoms with Gasteiger partial charge in [-0.05, 0) is 42.7 Å². The number of thioether (sulfide) groups is 1. The summed E-state index contributed by atoms with van der Waals surface area (Å²) in [4.78, 5) is 24.7. The molecule has 0 saturated carbocycles. The second-order valence-corrected chi connectivity index (χ2v) is 8.24. The summed E-state index contributed by atoms with van der Waals surface area (Å²) in [5.41, 5.74) is 4.05. The molecular weight excluding hydrogens is 406 g/mol. The molecule has 0 spiro atoms. The van der Waals surface area contributed by atoms with Crippen LogP contribution < -0.4 is 10.6 Å². The van der Waals surface area contributed by atoms with E-state index in [1.165, 1.54) is 0 Å². The Morgan fingerprint density at radius 3 is 2.52 bits per heavy atom. The van der Waals surface area contributed by atoms with Crippen molar-refractivity contribution in [3.05, 3.63) is 74.8 Å². The van der Waals surface area contributed by atoms with E-state index in [4.69, 9.17) is 11.6 Å². The average Bonchev–Trinajstić information content (AvgIpc) is 2.69. The smallest absolute Gasteiger partial charge is 0.234 e. The van der Waals surface area contributed by atoms with Gasteiger partial charge < -0.3 is 10.6 Å². The van der Waals surface area contributed by atoms with Crippen molar-refractivity contribution in [3.8, 4) is 6.07 Å². The number of anilines is 1. The van der Waals surface area contributed by atoms with Crippen LogP contribution in [0, 0.1) is 25.2 Å². The van der Waals surface area contributed by atoms with Gasteiger partial charge in [0.2, 0.25) is 11.8 Å². The molecule has 2 aromatic rings. The Morgan fingerprint density at radius 2 is 1.90 bits per heavy atom. The van der Waals surface area contributed by atoms with E-state index >= 15 is 0 Å². The lowest BCUT2D eigenvalue weighted by molar-refractivity contribution is -0.121. The molecule has 2 aromatic carbocycles. The molecule has 0 aliphatic carbocycles. The van der Waals surface area contributed by atoms with Gasteiger partial charge in [0.05, 0.1) is 22.4 Å². The lowest BCUT2D eigenvalue weighted by Gasteiger charge is -2.25. The van der Waals surface area contributed by atoms with Crippen LogP contribution in [0.1, 0.15) is 29.0 Å². The molecule has 0 fully saturated rings. The van der Waals surface area contributed by atoms with E-state index in [0.717, 1.165) is 34.1 Å². The third-order valence-corrected chi connectivity index (χ3v) is 5.99. The van der Waals surface area contributed by atoms with Crippen LogP contribution in [0.3, 0.4) is 0 Å². The number of hydrogen-bond acceptors (Lipinski definition) is 4. The van der Waals surface area contributed by atoms with Crippen LogP contribution in [-0.2, 0) is 9.59 Å². The van der Waals surface area contributed by atoms with Gasteiger partial charge in [0, 0.05) is 23.0 Å². The number of rotatable bonds is 5. The predicted octanol–water partition coefficient (Wildman–Crippen LogP) is 4.67. The molecule has 1 aliphatic heterocycles. The molecule has 0 bridgehead atoms. The van der Waals surface area contributed by atoms with Gasteiger partial charge in [-0.1, -0.05) is 53.7 Å². The fourth-order valence-corrected chi connectivity index (χ4v) is 4.24. The normalized spacial score (nSPS) is 16.2. The summed E-state index contributed by atoms with van der Waals surface area (Å²) >= 11 is 7.11. The van der Waals surface area contributed by atoms with Crippen molar-refractivity contribution in [2.24, 2.45) is 0 Å². The third-order valence-electron chi connectivity index (χ3n) is 4.72. The van der Waals surface area contributed by atoms with Crippen LogP contribution in [0.4, 0.5) is 5.69 Å². The van der Waals surface area contributed by atoms with E-state index in [-0.39, 0.29) is 29.9 Å². The maximum atomic E-state index is 12.5. The molecule has 1 heterocycles. The molecule has 0 unspecified atom stereocenters. The van der Waals surface area contributed by atoms with Crippen molar-refractivity contribution < 1.29 is 9.59 Å². The first-order valence-corrected chi connectivity index (χ1v) is 10.4. The summed E-state index contributed by atoms with van der Waals surface area (Å²) in [5.74, 6) is -0.640. The Kier molecular flexibility index (Phi) is 6.63. The summed E-state index contributed by atoms with van der Waals surface area (Å²) in [6.07, 6.45) is 0.184. The zero-order valence-electron chi connectivity index (χ0n) is 16.1. The first-order valence-electron chi connectivity index (χ1n) is 9.07. The number of nitrogens with one attached hydrogen (secondary N) is 2.